The van der Waals surface area contributed by atoms with Gasteiger partial charge in [0.2, 0.25) is 5.75 Å². The fraction of sp³-hybridized carbons (Fsp3) is 0.364. The summed E-state index contributed by atoms with van der Waals surface area (Å²) in [5, 5.41) is 7.25. The highest BCUT2D eigenvalue weighted by atomic mass is 16.5. The van der Waals surface area contributed by atoms with Crippen molar-refractivity contribution < 1.29 is 23.7 Å². The van der Waals surface area contributed by atoms with E-state index < -0.39 is 6.04 Å². The van der Waals surface area contributed by atoms with E-state index in [0.717, 1.165) is 5.56 Å². The van der Waals surface area contributed by atoms with Gasteiger partial charge in [-0.3, -0.25) is 5.10 Å². The van der Waals surface area contributed by atoms with Gasteiger partial charge in [0.1, 0.15) is 5.82 Å². The van der Waals surface area contributed by atoms with Gasteiger partial charge in [-0.05, 0) is 43.7 Å². The molecule has 3 aromatic rings. The Balaban J connectivity index is 1.93. The molecular formula is C22H28N4O5. The van der Waals surface area contributed by atoms with Crippen LogP contribution in [0.25, 0.3) is 11.4 Å². The van der Waals surface area contributed by atoms with Crippen molar-refractivity contribution in [1.29, 1.82) is 0 Å². The maximum atomic E-state index is 6.46. The maximum Gasteiger partial charge on any atom is 0.203 e. The molecule has 2 aromatic carbocycles. The van der Waals surface area contributed by atoms with Crippen molar-refractivity contribution in [2.75, 3.05) is 34.5 Å². The van der Waals surface area contributed by atoms with Crippen LogP contribution in [0, 0.1) is 0 Å². The Morgan fingerprint density at radius 3 is 2.10 bits per heavy atom. The van der Waals surface area contributed by atoms with Crippen LogP contribution in [0.1, 0.15) is 31.3 Å². The molecule has 1 heterocycles. The second-order valence-electron chi connectivity index (χ2n) is 6.51. The number of aromatic amines is 1. The summed E-state index contributed by atoms with van der Waals surface area (Å²) >= 11 is 0. The number of hydrogen-bond donors (Lipinski definition) is 2. The second-order valence-corrected chi connectivity index (χ2v) is 6.51. The molecule has 166 valence electrons. The van der Waals surface area contributed by atoms with E-state index in [1.54, 1.807) is 33.5 Å². The zero-order valence-electron chi connectivity index (χ0n) is 18.4. The molecule has 0 radical (unpaired) electrons. The van der Waals surface area contributed by atoms with Crippen molar-refractivity contribution in [3.63, 3.8) is 0 Å². The molecule has 1 unspecified atom stereocenters. The van der Waals surface area contributed by atoms with Crippen LogP contribution >= 0.6 is 0 Å². The molecule has 0 aliphatic heterocycles. The Morgan fingerprint density at radius 1 is 0.871 bits per heavy atom. The molecule has 9 heteroatoms. The summed E-state index contributed by atoms with van der Waals surface area (Å²) in [7, 11) is 4.67. The van der Waals surface area contributed by atoms with Crippen LogP contribution < -0.4 is 29.4 Å². The van der Waals surface area contributed by atoms with Gasteiger partial charge in [0, 0.05) is 5.56 Å². The van der Waals surface area contributed by atoms with Crippen molar-refractivity contribution in [2.24, 2.45) is 5.73 Å². The van der Waals surface area contributed by atoms with Gasteiger partial charge in [-0.15, -0.1) is 0 Å². The van der Waals surface area contributed by atoms with E-state index >= 15 is 0 Å². The van der Waals surface area contributed by atoms with E-state index in [9.17, 15) is 0 Å². The molecule has 1 aromatic heterocycles. The number of H-pyrrole nitrogens is 1. The van der Waals surface area contributed by atoms with Crippen molar-refractivity contribution in [1.82, 2.24) is 15.2 Å². The number of benzene rings is 2. The van der Waals surface area contributed by atoms with Crippen LogP contribution in [-0.2, 0) is 0 Å². The standard InChI is InChI=1S/C22H28N4O5/c1-6-30-15-9-8-13(10-16(15)31-7-2)19(23)22-24-21(25-26-22)14-11-17(27-3)20(29-5)18(12-14)28-4/h8-12,19H,6-7,23H2,1-5H3,(H,24,25,26). The Labute approximate surface area is 181 Å². The van der Waals surface area contributed by atoms with Gasteiger partial charge in [0.25, 0.3) is 0 Å². The maximum absolute atomic E-state index is 6.46. The SMILES string of the molecule is CCOc1ccc(C(N)c2nc(-c3cc(OC)c(OC)c(OC)c3)n[nH]2)cc1OCC. The first-order chi connectivity index (χ1) is 15.1. The summed E-state index contributed by atoms with van der Waals surface area (Å²) in [5.41, 5.74) is 7.97. The van der Waals surface area contributed by atoms with Crippen molar-refractivity contribution >= 4 is 0 Å². The summed E-state index contributed by atoms with van der Waals surface area (Å²) in [6.45, 7) is 4.91. The molecule has 3 N–H and O–H groups in total. The van der Waals surface area contributed by atoms with Crippen LogP contribution in [0.3, 0.4) is 0 Å². The molecule has 0 bridgehead atoms. The third-order valence-corrected chi connectivity index (χ3v) is 4.65. The third kappa shape index (κ3) is 4.66. The molecule has 31 heavy (non-hydrogen) atoms. The predicted octanol–water partition coefficient (Wildman–Crippen LogP) is 3.34. The molecule has 0 fully saturated rings. The minimum absolute atomic E-state index is 0.459. The minimum Gasteiger partial charge on any atom is -0.493 e. The number of nitrogens with two attached hydrogens (primary N) is 1. The normalized spacial score (nSPS) is 11.7. The first-order valence-electron chi connectivity index (χ1n) is 9.93. The number of rotatable bonds is 10. The molecule has 0 saturated carbocycles. The number of methoxy groups -OCH3 is 3. The monoisotopic (exact) mass is 428 g/mol. The largest absolute Gasteiger partial charge is 0.493 e. The number of ether oxygens (including phenoxy) is 5. The van der Waals surface area contributed by atoms with Crippen LogP contribution in [-0.4, -0.2) is 49.7 Å². The second kappa shape index (κ2) is 10.0. The topological polar surface area (TPSA) is 114 Å². The average molecular weight is 428 g/mol. The van der Waals surface area contributed by atoms with Crippen LogP contribution in [0.5, 0.6) is 28.7 Å². The molecule has 9 nitrogen and oxygen atoms in total. The van der Waals surface area contributed by atoms with Crippen molar-refractivity contribution in [3.05, 3.63) is 41.7 Å². The Hall–Kier alpha value is -3.46. The number of nitrogens with one attached hydrogen (secondary N) is 1. The predicted molar refractivity (Wildman–Crippen MR) is 116 cm³/mol. The lowest BCUT2D eigenvalue weighted by molar-refractivity contribution is 0.287. The number of aromatic nitrogens is 3. The summed E-state index contributed by atoms with van der Waals surface area (Å²) in [5.74, 6) is 3.81. The highest BCUT2D eigenvalue weighted by Crippen LogP contribution is 2.40. The van der Waals surface area contributed by atoms with Gasteiger partial charge < -0.3 is 29.4 Å². The average Bonchev–Trinajstić information content (AvgIpc) is 3.29. The zero-order chi connectivity index (χ0) is 22.4. The van der Waals surface area contributed by atoms with Crippen LogP contribution in [0.15, 0.2) is 30.3 Å². The summed E-state index contributed by atoms with van der Waals surface area (Å²) < 4.78 is 27.5. The van der Waals surface area contributed by atoms with Crippen LogP contribution in [0.2, 0.25) is 0 Å². The van der Waals surface area contributed by atoms with Crippen molar-refractivity contribution in [2.45, 2.75) is 19.9 Å². The van der Waals surface area contributed by atoms with Gasteiger partial charge in [0.15, 0.2) is 28.8 Å². The zero-order valence-corrected chi connectivity index (χ0v) is 18.4. The third-order valence-electron chi connectivity index (χ3n) is 4.65. The summed E-state index contributed by atoms with van der Waals surface area (Å²) in [6.07, 6.45) is 0. The molecule has 3 rings (SSSR count). The van der Waals surface area contributed by atoms with Gasteiger partial charge in [0.05, 0.1) is 40.6 Å². The smallest absolute Gasteiger partial charge is 0.203 e. The molecule has 0 aliphatic carbocycles. The molecule has 0 aliphatic rings. The molecule has 1 atom stereocenters. The van der Waals surface area contributed by atoms with E-state index in [-0.39, 0.29) is 0 Å². The lowest BCUT2D eigenvalue weighted by Gasteiger charge is -2.15. The fourth-order valence-corrected chi connectivity index (χ4v) is 3.17. The first-order valence-corrected chi connectivity index (χ1v) is 9.93. The number of nitrogens with zero attached hydrogens (tertiary/aromatic N) is 2. The summed E-state index contributed by atoms with van der Waals surface area (Å²) in [6, 6.07) is 8.63. The molecular weight excluding hydrogens is 400 g/mol. The molecule has 0 amide bonds. The minimum atomic E-state index is -0.529. The highest BCUT2D eigenvalue weighted by molar-refractivity contribution is 5.66. The van der Waals surface area contributed by atoms with E-state index in [1.807, 2.05) is 32.0 Å². The first kappa shape index (κ1) is 22.2. The molecule has 0 spiro atoms. The Bertz CT molecular complexity index is 996. The van der Waals surface area contributed by atoms with Gasteiger partial charge in [-0.1, -0.05) is 6.07 Å². The van der Waals surface area contributed by atoms with Gasteiger partial charge >= 0.3 is 0 Å². The van der Waals surface area contributed by atoms with E-state index in [0.29, 0.717) is 59.2 Å². The van der Waals surface area contributed by atoms with Crippen LogP contribution in [0.4, 0.5) is 0 Å². The van der Waals surface area contributed by atoms with Gasteiger partial charge in [-0.25, -0.2) is 4.98 Å². The Morgan fingerprint density at radius 2 is 1.52 bits per heavy atom. The highest BCUT2D eigenvalue weighted by Gasteiger charge is 2.20. The lowest BCUT2D eigenvalue weighted by Crippen LogP contribution is -2.14. The Kier molecular flexibility index (Phi) is 7.19. The van der Waals surface area contributed by atoms with E-state index in [4.69, 9.17) is 29.4 Å². The van der Waals surface area contributed by atoms with E-state index in [1.165, 1.54) is 0 Å². The van der Waals surface area contributed by atoms with Gasteiger partial charge in [-0.2, -0.15) is 5.10 Å². The number of hydrogen-bond acceptors (Lipinski definition) is 8. The quantitative estimate of drug-likeness (QED) is 0.505. The fourth-order valence-electron chi connectivity index (χ4n) is 3.17. The van der Waals surface area contributed by atoms with E-state index in [2.05, 4.69) is 15.2 Å². The molecule has 0 saturated heterocycles. The summed E-state index contributed by atoms with van der Waals surface area (Å²) in [4.78, 5) is 4.58. The van der Waals surface area contributed by atoms with Crippen molar-refractivity contribution in [3.8, 4) is 40.1 Å². The lowest BCUT2D eigenvalue weighted by atomic mass is 10.1.